The van der Waals surface area contributed by atoms with Gasteiger partial charge in [-0.1, -0.05) is 30.3 Å². The van der Waals surface area contributed by atoms with Gasteiger partial charge in [0, 0.05) is 24.8 Å². The van der Waals surface area contributed by atoms with Gasteiger partial charge in [0.2, 0.25) is 0 Å². The summed E-state index contributed by atoms with van der Waals surface area (Å²) in [6.07, 6.45) is 6.56. The number of carbonyl (C=O) groups is 1. The number of carbonyl (C=O) groups excluding carboxylic acids is 1. The van der Waals surface area contributed by atoms with Crippen molar-refractivity contribution < 1.29 is 39.5 Å². The molecular weight excluding hydrogens is 215 g/mol. The Labute approximate surface area is 116 Å². The van der Waals surface area contributed by atoms with Crippen LogP contribution in [0.15, 0.2) is 55.1 Å². The molecule has 0 saturated carbocycles. The number of aromatic carboxylic acids is 1. The normalized spacial score (nSPS) is 8.00. The number of nitrogens with zero attached hydrogens (tertiary/aromatic N) is 2. The molecule has 0 aliphatic heterocycles. The zero-order valence-corrected chi connectivity index (χ0v) is 10.9. The Hall–Kier alpha value is -1.23. The van der Waals surface area contributed by atoms with Crippen LogP contribution in [0.5, 0.6) is 0 Å². The second-order valence-electron chi connectivity index (χ2n) is 2.55. The molecule has 0 fully saturated rings. The first-order chi connectivity index (χ1) is 7.30. The van der Waals surface area contributed by atoms with Gasteiger partial charge < -0.3 is 9.90 Å². The number of carboxylic acids is 1. The van der Waals surface area contributed by atoms with Crippen LogP contribution in [-0.4, -0.2) is 15.9 Å². The van der Waals surface area contributed by atoms with Crippen LogP contribution in [0, 0.1) is 0 Å². The predicted octanol–water partition coefficient (Wildman–Crippen LogP) is -2.47. The Kier molecular flexibility index (Phi) is 8.34. The molecule has 0 aliphatic carbocycles. The van der Waals surface area contributed by atoms with E-state index in [9.17, 15) is 9.90 Å². The molecule has 0 N–H and O–H groups in total. The third-order valence-corrected chi connectivity index (χ3v) is 1.49. The average Bonchev–Trinajstić information content (AvgIpc) is 2.33. The van der Waals surface area contributed by atoms with Gasteiger partial charge in [-0.25, -0.2) is 0 Å². The molecule has 0 spiro atoms. The fourth-order valence-corrected chi connectivity index (χ4v) is 0.828. The standard InChI is InChI=1S/C7H6O2.C4H4N2.Na/c8-7(9)6-4-2-1-3-5-6;1-2-6-4-3-5-1;/h1-5H,(H,8,9);1-4H;/q;;+1/p-1. The zero-order chi connectivity index (χ0) is 10.9. The quantitative estimate of drug-likeness (QED) is 0.503. The van der Waals surface area contributed by atoms with Crippen LogP contribution >= 0.6 is 0 Å². The molecule has 0 radical (unpaired) electrons. The second-order valence-corrected chi connectivity index (χ2v) is 2.55. The van der Waals surface area contributed by atoms with Gasteiger partial charge in [-0.2, -0.15) is 0 Å². The largest absolute Gasteiger partial charge is 1.00 e. The number of carboxylic acid groups (broad SMARTS) is 1. The minimum Gasteiger partial charge on any atom is -0.545 e. The minimum absolute atomic E-state index is 0. The van der Waals surface area contributed by atoms with E-state index in [2.05, 4.69) is 9.97 Å². The molecule has 0 unspecified atom stereocenters. The van der Waals surface area contributed by atoms with Crippen molar-refractivity contribution in [3.8, 4) is 0 Å². The first-order valence-corrected chi connectivity index (χ1v) is 4.27. The summed E-state index contributed by atoms with van der Waals surface area (Å²) in [5.74, 6) is -1.13. The third-order valence-electron chi connectivity index (χ3n) is 1.49. The average molecular weight is 224 g/mol. The van der Waals surface area contributed by atoms with Gasteiger partial charge in [-0.05, 0) is 5.56 Å². The molecule has 0 aliphatic rings. The summed E-state index contributed by atoms with van der Waals surface area (Å²) in [6, 6.07) is 8.06. The maximum Gasteiger partial charge on any atom is 1.00 e. The molecule has 5 heteroatoms. The molecule has 4 nitrogen and oxygen atoms in total. The zero-order valence-electron chi connectivity index (χ0n) is 8.91. The fourth-order valence-electron chi connectivity index (χ4n) is 0.828. The smallest absolute Gasteiger partial charge is 0.545 e. The Morgan fingerprint density at radius 2 is 1.38 bits per heavy atom. The van der Waals surface area contributed by atoms with E-state index in [4.69, 9.17) is 0 Å². The van der Waals surface area contributed by atoms with Crippen LogP contribution in [0.1, 0.15) is 10.4 Å². The molecule has 16 heavy (non-hydrogen) atoms. The Bertz CT molecular complexity index is 369. The molecule has 0 saturated heterocycles. The van der Waals surface area contributed by atoms with Crippen molar-refractivity contribution in [2.75, 3.05) is 0 Å². The van der Waals surface area contributed by atoms with Crippen LogP contribution in [0.4, 0.5) is 0 Å². The first kappa shape index (κ1) is 14.8. The van der Waals surface area contributed by atoms with Crippen molar-refractivity contribution in [3.63, 3.8) is 0 Å². The van der Waals surface area contributed by atoms with Crippen molar-refractivity contribution in [3.05, 3.63) is 60.7 Å². The monoisotopic (exact) mass is 224 g/mol. The molecule has 0 atom stereocenters. The summed E-state index contributed by atoms with van der Waals surface area (Å²) in [5, 5.41) is 10.1. The van der Waals surface area contributed by atoms with E-state index in [1.165, 1.54) is 12.1 Å². The maximum atomic E-state index is 10.1. The van der Waals surface area contributed by atoms with Gasteiger partial charge in [-0.3, -0.25) is 9.97 Å². The number of hydrogen-bond acceptors (Lipinski definition) is 4. The molecule has 1 aromatic heterocycles. The predicted molar refractivity (Wildman–Crippen MR) is 52.8 cm³/mol. The van der Waals surface area contributed by atoms with E-state index in [0.29, 0.717) is 0 Å². The van der Waals surface area contributed by atoms with Crippen LogP contribution in [0.2, 0.25) is 0 Å². The van der Waals surface area contributed by atoms with Crippen molar-refractivity contribution in [2.45, 2.75) is 0 Å². The summed E-state index contributed by atoms with van der Waals surface area (Å²) in [5.41, 5.74) is 0.220. The van der Waals surface area contributed by atoms with E-state index < -0.39 is 5.97 Å². The van der Waals surface area contributed by atoms with Crippen LogP contribution in [0.25, 0.3) is 0 Å². The van der Waals surface area contributed by atoms with Gasteiger partial charge >= 0.3 is 29.6 Å². The summed E-state index contributed by atoms with van der Waals surface area (Å²) < 4.78 is 0. The van der Waals surface area contributed by atoms with Crippen molar-refractivity contribution >= 4 is 5.97 Å². The Morgan fingerprint density at radius 3 is 1.62 bits per heavy atom. The number of rotatable bonds is 1. The number of hydrogen-bond donors (Lipinski definition) is 0. The molecule has 76 valence electrons. The molecule has 1 aromatic carbocycles. The SMILES string of the molecule is O=C([O-])c1ccccc1.[Na+].c1cnccn1. The molecular formula is C11H9N2NaO2. The Morgan fingerprint density at radius 1 is 0.938 bits per heavy atom. The molecule has 0 amide bonds. The van der Waals surface area contributed by atoms with Crippen molar-refractivity contribution in [1.29, 1.82) is 0 Å². The topological polar surface area (TPSA) is 65.9 Å². The molecule has 2 aromatic rings. The van der Waals surface area contributed by atoms with Crippen LogP contribution < -0.4 is 34.7 Å². The fraction of sp³-hybridized carbons (Fsp3) is 0. The van der Waals surface area contributed by atoms with Crippen molar-refractivity contribution in [1.82, 2.24) is 9.97 Å². The van der Waals surface area contributed by atoms with Crippen LogP contribution in [-0.2, 0) is 0 Å². The maximum absolute atomic E-state index is 10.1. The molecule has 0 bridgehead atoms. The van der Waals surface area contributed by atoms with Crippen molar-refractivity contribution in [2.24, 2.45) is 0 Å². The summed E-state index contributed by atoms with van der Waals surface area (Å²) in [4.78, 5) is 17.5. The van der Waals surface area contributed by atoms with E-state index in [-0.39, 0.29) is 35.1 Å². The van der Waals surface area contributed by atoms with E-state index >= 15 is 0 Å². The Balaban J connectivity index is 0.000000283. The minimum atomic E-state index is -1.13. The van der Waals surface area contributed by atoms with Gasteiger partial charge in [0.05, 0.1) is 5.97 Å². The van der Waals surface area contributed by atoms with E-state index in [1.807, 2.05) is 0 Å². The summed E-state index contributed by atoms with van der Waals surface area (Å²) in [7, 11) is 0. The second kappa shape index (κ2) is 9.03. The number of aromatic nitrogens is 2. The van der Waals surface area contributed by atoms with Gasteiger partial charge in [0.25, 0.3) is 0 Å². The van der Waals surface area contributed by atoms with Gasteiger partial charge in [-0.15, -0.1) is 0 Å². The van der Waals surface area contributed by atoms with Crippen LogP contribution in [0.3, 0.4) is 0 Å². The summed E-state index contributed by atoms with van der Waals surface area (Å²) >= 11 is 0. The first-order valence-electron chi connectivity index (χ1n) is 4.27. The molecule has 2 rings (SSSR count). The molecule has 1 heterocycles. The van der Waals surface area contributed by atoms with Gasteiger partial charge in [0.1, 0.15) is 0 Å². The summed E-state index contributed by atoms with van der Waals surface area (Å²) in [6.45, 7) is 0. The van der Waals surface area contributed by atoms with E-state index in [0.717, 1.165) is 0 Å². The third kappa shape index (κ3) is 6.29. The van der Waals surface area contributed by atoms with E-state index in [1.54, 1.807) is 43.0 Å². The number of benzene rings is 1. The van der Waals surface area contributed by atoms with Gasteiger partial charge in [0.15, 0.2) is 0 Å².